The van der Waals surface area contributed by atoms with Gasteiger partial charge < -0.3 is 10.0 Å². The fourth-order valence-corrected chi connectivity index (χ4v) is 2.70. The van der Waals surface area contributed by atoms with Gasteiger partial charge in [-0.1, -0.05) is 12.1 Å². The summed E-state index contributed by atoms with van der Waals surface area (Å²) in [5.74, 6) is 0.0104. The maximum atomic E-state index is 12.4. The number of carbonyl (C=O) groups excluding carboxylic acids is 1. The Balaban J connectivity index is 2.21. The second-order valence-corrected chi connectivity index (χ2v) is 5.16. The molecule has 0 unspecified atom stereocenters. The molecule has 0 aliphatic carbocycles. The Morgan fingerprint density at radius 3 is 2.88 bits per heavy atom. The quantitative estimate of drug-likeness (QED) is 0.911. The molecular weight excluding hydrogens is 282 g/mol. The van der Waals surface area contributed by atoms with Gasteiger partial charge in [0.05, 0.1) is 18.2 Å². The Bertz CT molecular complexity index is 408. The molecule has 1 saturated heterocycles. The van der Waals surface area contributed by atoms with Crippen molar-refractivity contribution in [2.75, 3.05) is 13.2 Å². The number of aliphatic hydroxyl groups is 1. The highest BCUT2D eigenvalue weighted by molar-refractivity contribution is 9.10. The van der Waals surface area contributed by atoms with Crippen LogP contribution in [0.1, 0.15) is 29.6 Å². The number of nitrogens with zero attached hydrogens (tertiary/aromatic N) is 1. The highest BCUT2D eigenvalue weighted by atomic mass is 79.9. The maximum Gasteiger partial charge on any atom is 0.255 e. The van der Waals surface area contributed by atoms with Gasteiger partial charge in [0.2, 0.25) is 0 Å². The Hall–Kier alpha value is -0.870. The Morgan fingerprint density at radius 1 is 1.41 bits per heavy atom. The van der Waals surface area contributed by atoms with Gasteiger partial charge in [0.15, 0.2) is 0 Å². The standard InChI is InChI=1S/C13H16BrNO2/c14-12-7-2-1-6-11(12)13(17)15-8-4-3-5-10(15)9-16/h1-2,6-7,10,16H,3-5,8-9H2/t10-/m0/s1. The van der Waals surface area contributed by atoms with Gasteiger partial charge in [0.1, 0.15) is 0 Å². The molecule has 0 saturated carbocycles. The second-order valence-electron chi connectivity index (χ2n) is 4.31. The number of piperidine rings is 1. The average Bonchev–Trinajstić information content (AvgIpc) is 2.38. The topological polar surface area (TPSA) is 40.5 Å². The molecule has 1 fully saturated rings. The Morgan fingerprint density at radius 2 is 2.18 bits per heavy atom. The monoisotopic (exact) mass is 297 g/mol. The number of carbonyl (C=O) groups is 1. The largest absolute Gasteiger partial charge is 0.394 e. The molecular formula is C13H16BrNO2. The number of hydrogen-bond donors (Lipinski definition) is 1. The summed E-state index contributed by atoms with van der Waals surface area (Å²) in [5, 5.41) is 9.32. The van der Waals surface area contributed by atoms with Crippen LogP contribution in [0.25, 0.3) is 0 Å². The van der Waals surface area contributed by atoms with Crippen LogP contribution in [0.2, 0.25) is 0 Å². The van der Waals surface area contributed by atoms with Gasteiger partial charge in [-0.3, -0.25) is 4.79 Å². The Kier molecular flexibility index (Phi) is 4.18. The van der Waals surface area contributed by atoms with Crippen molar-refractivity contribution < 1.29 is 9.90 Å². The lowest BCUT2D eigenvalue weighted by Gasteiger charge is -2.34. The molecule has 1 aromatic rings. The fourth-order valence-electron chi connectivity index (χ4n) is 2.25. The van der Waals surface area contributed by atoms with Crippen molar-refractivity contribution in [2.24, 2.45) is 0 Å². The minimum atomic E-state index is -0.0247. The van der Waals surface area contributed by atoms with Crippen molar-refractivity contribution in [2.45, 2.75) is 25.3 Å². The summed E-state index contributed by atoms with van der Waals surface area (Å²) >= 11 is 3.40. The molecule has 17 heavy (non-hydrogen) atoms. The van der Waals surface area contributed by atoms with Gasteiger partial charge in [-0.25, -0.2) is 0 Å². The number of amides is 1. The molecule has 0 aromatic heterocycles. The molecule has 1 atom stereocenters. The second kappa shape index (κ2) is 5.65. The molecule has 0 spiro atoms. The maximum absolute atomic E-state index is 12.4. The molecule has 1 heterocycles. The van der Waals surface area contributed by atoms with E-state index in [1.165, 1.54) is 0 Å². The predicted molar refractivity (Wildman–Crippen MR) is 69.9 cm³/mol. The first kappa shape index (κ1) is 12.6. The lowest BCUT2D eigenvalue weighted by Crippen LogP contribution is -2.45. The van der Waals surface area contributed by atoms with Crippen LogP contribution in [0, 0.1) is 0 Å². The highest BCUT2D eigenvalue weighted by Gasteiger charge is 2.27. The van der Waals surface area contributed by atoms with Gasteiger partial charge in [-0.2, -0.15) is 0 Å². The number of halogens is 1. The molecule has 92 valence electrons. The van der Waals surface area contributed by atoms with Crippen LogP contribution in [0.5, 0.6) is 0 Å². The number of likely N-dealkylation sites (tertiary alicyclic amines) is 1. The molecule has 3 nitrogen and oxygen atoms in total. The number of aliphatic hydroxyl groups excluding tert-OH is 1. The first-order chi connectivity index (χ1) is 8.24. The van der Waals surface area contributed by atoms with Crippen LogP contribution >= 0.6 is 15.9 Å². The number of hydrogen-bond acceptors (Lipinski definition) is 2. The van der Waals surface area contributed by atoms with Gasteiger partial charge in [-0.05, 0) is 47.3 Å². The molecule has 1 amide bonds. The molecule has 2 rings (SSSR count). The Labute approximate surface area is 110 Å². The summed E-state index contributed by atoms with van der Waals surface area (Å²) in [6.45, 7) is 0.793. The number of rotatable bonds is 2. The zero-order valence-corrected chi connectivity index (χ0v) is 11.2. The predicted octanol–water partition coefficient (Wildman–Crippen LogP) is 2.44. The van der Waals surface area contributed by atoms with Crippen LogP contribution in [-0.2, 0) is 0 Å². The van der Waals surface area contributed by atoms with Crippen LogP contribution < -0.4 is 0 Å². The molecule has 0 bridgehead atoms. The molecule has 0 radical (unpaired) electrons. The van der Waals surface area contributed by atoms with Crippen molar-refractivity contribution in [3.63, 3.8) is 0 Å². The van der Waals surface area contributed by atoms with Gasteiger partial charge >= 0.3 is 0 Å². The van der Waals surface area contributed by atoms with Crippen LogP contribution in [0.4, 0.5) is 0 Å². The zero-order valence-electron chi connectivity index (χ0n) is 9.60. The van der Waals surface area contributed by atoms with E-state index in [9.17, 15) is 9.90 Å². The smallest absolute Gasteiger partial charge is 0.255 e. The van der Waals surface area contributed by atoms with E-state index in [1.54, 1.807) is 4.90 Å². The minimum Gasteiger partial charge on any atom is -0.394 e. The summed E-state index contributed by atoms with van der Waals surface area (Å²) in [6, 6.07) is 7.40. The van der Waals surface area contributed by atoms with E-state index in [0.717, 1.165) is 30.3 Å². The van der Waals surface area contributed by atoms with Crippen molar-refractivity contribution in [1.29, 1.82) is 0 Å². The summed E-state index contributed by atoms with van der Waals surface area (Å²) in [4.78, 5) is 14.2. The van der Waals surface area contributed by atoms with E-state index in [2.05, 4.69) is 15.9 Å². The first-order valence-corrected chi connectivity index (χ1v) is 6.69. The van der Waals surface area contributed by atoms with E-state index in [1.807, 2.05) is 24.3 Å². The van der Waals surface area contributed by atoms with Crippen molar-refractivity contribution in [3.05, 3.63) is 34.3 Å². The van der Waals surface area contributed by atoms with E-state index < -0.39 is 0 Å². The first-order valence-electron chi connectivity index (χ1n) is 5.90. The summed E-state index contributed by atoms with van der Waals surface area (Å²) < 4.78 is 0.812. The van der Waals surface area contributed by atoms with Crippen molar-refractivity contribution in [3.8, 4) is 0 Å². The number of benzene rings is 1. The van der Waals surface area contributed by atoms with Crippen LogP contribution in [0.15, 0.2) is 28.7 Å². The summed E-state index contributed by atoms with van der Waals surface area (Å²) in [5.41, 5.74) is 0.674. The fraction of sp³-hybridized carbons (Fsp3) is 0.462. The van der Waals surface area contributed by atoms with Gasteiger partial charge in [0, 0.05) is 11.0 Å². The molecule has 1 aliphatic heterocycles. The summed E-state index contributed by atoms with van der Waals surface area (Å²) in [6.07, 6.45) is 3.00. The van der Waals surface area contributed by atoms with E-state index in [4.69, 9.17) is 0 Å². The third-order valence-electron chi connectivity index (χ3n) is 3.20. The highest BCUT2D eigenvalue weighted by Crippen LogP contribution is 2.23. The third kappa shape index (κ3) is 2.69. The van der Waals surface area contributed by atoms with Crippen molar-refractivity contribution in [1.82, 2.24) is 4.90 Å². The lowest BCUT2D eigenvalue weighted by molar-refractivity contribution is 0.0502. The zero-order chi connectivity index (χ0) is 12.3. The minimum absolute atomic E-state index is 0.0104. The van der Waals surface area contributed by atoms with E-state index >= 15 is 0 Å². The normalized spacial score (nSPS) is 20.4. The van der Waals surface area contributed by atoms with Crippen LogP contribution in [-0.4, -0.2) is 35.1 Å². The molecule has 1 aliphatic rings. The van der Waals surface area contributed by atoms with Crippen LogP contribution in [0.3, 0.4) is 0 Å². The lowest BCUT2D eigenvalue weighted by atomic mass is 10.0. The molecule has 1 aromatic carbocycles. The SMILES string of the molecule is O=C(c1ccccc1Br)N1CCCC[C@H]1CO. The summed E-state index contributed by atoms with van der Waals surface area (Å²) in [7, 11) is 0. The van der Waals surface area contributed by atoms with Gasteiger partial charge in [0.25, 0.3) is 5.91 Å². The molecule has 4 heteroatoms. The third-order valence-corrected chi connectivity index (χ3v) is 3.89. The van der Waals surface area contributed by atoms with Gasteiger partial charge in [-0.15, -0.1) is 0 Å². The van der Waals surface area contributed by atoms with Crippen molar-refractivity contribution >= 4 is 21.8 Å². The van der Waals surface area contributed by atoms with E-state index in [-0.39, 0.29) is 18.6 Å². The average molecular weight is 298 g/mol. The molecule has 1 N–H and O–H groups in total. The van der Waals surface area contributed by atoms with E-state index in [0.29, 0.717) is 5.56 Å².